The van der Waals surface area contributed by atoms with Crippen molar-refractivity contribution in [3.05, 3.63) is 28.7 Å². The lowest BCUT2D eigenvalue weighted by molar-refractivity contribution is -0.137. The average Bonchev–Trinajstić information content (AvgIpc) is 3.08. The van der Waals surface area contributed by atoms with Gasteiger partial charge in [-0.1, -0.05) is 30.9 Å². The Balaban J connectivity index is 1.59. The van der Waals surface area contributed by atoms with Gasteiger partial charge < -0.3 is 10.6 Å². The number of pyridine rings is 1. The Bertz CT molecular complexity index is 878. The van der Waals surface area contributed by atoms with Crippen molar-refractivity contribution in [2.24, 2.45) is 5.92 Å². The molecular weight excluding hydrogens is 399 g/mol. The maximum absolute atomic E-state index is 13.0. The average molecular weight is 418 g/mol. The first kappa shape index (κ1) is 20.4. The minimum absolute atomic E-state index is 0.0597. The van der Waals surface area contributed by atoms with Crippen molar-refractivity contribution >= 4 is 29.1 Å². The molecule has 7 nitrogen and oxygen atoms in total. The Morgan fingerprint density at radius 1 is 1.18 bits per heavy atom. The standard InChI is InChI=1S/C17H19ClF3N5O2/c18-12-6-11(17(19,20)21)9-26-13(24-25-15(12)26)7-22-14(27)8-23-16(28)10-4-2-1-3-5-10/h6,9-10H,1-5,7-8H2,(H,22,27)(H,23,28). The monoisotopic (exact) mass is 417 g/mol. The van der Waals surface area contributed by atoms with E-state index in [-0.39, 0.29) is 41.4 Å². The third-order valence-corrected chi connectivity index (χ3v) is 4.98. The van der Waals surface area contributed by atoms with Crippen LogP contribution < -0.4 is 10.6 Å². The molecule has 0 aliphatic heterocycles. The maximum Gasteiger partial charge on any atom is 0.417 e. The van der Waals surface area contributed by atoms with Gasteiger partial charge in [0, 0.05) is 12.1 Å². The van der Waals surface area contributed by atoms with Crippen LogP contribution in [-0.2, 0) is 22.3 Å². The molecule has 1 fully saturated rings. The number of aromatic nitrogens is 3. The van der Waals surface area contributed by atoms with Crippen LogP contribution in [0.3, 0.4) is 0 Å². The van der Waals surface area contributed by atoms with Crippen molar-refractivity contribution in [1.82, 2.24) is 25.2 Å². The van der Waals surface area contributed by atoms with Gasteiger partial charge in [0.25, 0.3) is 0 Å². The summed E-state index contributed by atoms with van der Waals surface area (Å²) in [4.78, 5) is 24.0. The van der Waals surface area contributed by atoms with Crippen molar-refractivity contribution in [3.63, 3.8) is 0 Å². The van der Waals surface area contributed by atoms with Gasteiger partial charge in [-0.2, -0.15) is 13.2 Å². The van der Waals surface area contributed by atoms with Gasteiger partial charge in [0.05, 0.1) is 23.7 Å². The van der Waals surface area contributed by atoms with Gasteiger partial charge in [0.2, 0.25) is 11.8 Å². The van der Waals surface area contributed by atoms with E-state index in [0.29, 0.717) is 0 Å². The van der Waals surface area contributed by atoms with Crippen LogP contribution >= 0.6 is 11.6 Å². The molecule has 3 rings (SSSR count). The molecular formula is C17H19ClF3N5O2. The van der Waals surface area contributed by atoms with E-state index in [1.165, 1.54) is 0 Å². The minimum atomic E-state index is -4.58. The predicted octanol–water partition coefficient (Wildman–Crippen LogP) is 2.71. The number of fused-ring (bicyclic) bond motifs is 1. The van der Waals surface area contributed by atoms with Crippen LogP contribution in [0.5, 0.6) is 0 Å². The summed E-state index contributed by atoms with van der Waals surface area (Å²) in [6.45, 7) is -0.364. The number of amides is 2. The predicted molar refractivity (Wildman–Crippen MR) is 94.4 cm³/mol. The summed E-state index contributed by atoms with van der Waals surface area (Å²) in [5, 5.41) is 12.4. The summed E-state index contributed by atoms with van der Waals surface area (Å²) >= 11 is 5.84. The Labute approximate surface area is 163 Å². The smallest absolute Gasteiger partial charge is 0.347 e. The van der Waals surface area contributed by atoms with Gasteiger partial charge in [-0.3, -0.25) is 14.0 Å². The highest BCUT2D eigenvalue weighted by molar-refractivity contribution is 6.33. The van der Waals surface area contributed by atoms with Crippen molar-refractivity contribution < 1.29 is 22.8 Å². The first-order chi connectivity index (χ1) is 13.3. The van der Waals surface area contributed by atoms with Crippen molar-refractivity contribution in [2.45, 2.75) is 44.8 Å². The molecule has 0 radical (unpaired) electrons. The second-order valence-corrected chi connectivity index (χ2v) is 7.12. The molecule has 152 valence electrons. The molecule has 1 saturated carbocycles. The van der Waals surface area contributed by atoms with Crippen LogP contribution in [0.4, 0.5) is 13.2 Å². The second kappa shape index (κ2) is 8.34. The number of nitrogens with zero attached hydrogens (tertiary/aromatic N) is 3. The molecule has 0 unspecified atom stereocenters. The van der Waals surface area contributed by atoms with Crippen LogP contribution in [0, 0.1) is 5.92 Å². The van der Waals surface area contributed by atoms with E-state index < -0.39 is 17.6 Å². The third kappa shape index (κ3) is 4.73. The first-order valence-electron chi connectivity index (χ1n) is 8.90. The molecule has 0 aromatic carbocycles. The van der Waals surface area contributed by atoms with E-state index in [2.05, 4.69) is 20.8 Å². The Morgan fingerprint density at radius 3 is 2.57 bits per heavy atom. The van der Waals surface area contributed by atoms with Crippen LogP contribution in [0.15, 0.2) is 12.3 Å². The summed E-state index contributed by atoms with van der Waals surface area (Å²) in [5.74, 6) is -0.594. The summed E-state index contributed by atoms with van der Waals surface area (Å²) < 4.78 is 40.0. The Hall–Kier alpha value is -2.36. The van der Waals surface area contributed by atoms with E-state index in [0.717, 1.165) is 48.8 Å². The van der Waals surface area contributed by atoms with Gasteiger partial charge in [0.1, 0.15) is 0 Å². The highest BCUT2D eigenvalue weighted by atomic mass is 35.5. The number of carbonyl (C=O) groups is 2. The summed E-state index contributed by atoms with van der Waals surface area (Å²) in [5.41, 5.74) is -0.887. The fourth-order valence-electron chi connectivity index (χ4n) is 3.19. The lowest BCUT2D eigenvalue weighted by Crippen LogP contribution is -2.40. The zero-order valence-electron chi connectivity index (χ0n) is 14.9. The van der Waals surface area contributed by atoms with E-state index >= 15 is 0 Å². The number of rotatable bonds is 5. The number of halogens is 4. The summed E-state index contributed by atoms with van der Waals surface area (Å²) in [7, 11) is 0. The second-order valence-electron chi connectivity index (χ2n) is 6.71. The number of alkyl halides is 3. The summed E-state index contributed by atoms with van der Waals surface area (Å²) in [6.07, 6.45) is 1.03. The van der Waals surface area contributed by atoms with Gasteiger partial charge in [-0.05, 0) is 18.9 Å². The molecule has 0 bridgehead atoms. The van der Waals surface area contributed by atoms with Gasteiger partial charge in [-0.15, -0.1) is 10.2 Å². The topological polar surface area (TPSA) is 88.4 Å². The zero-order valence-corrected chi connectivity index (χ0v) is 15.6. The Morgan fingerprint density at radius 2 is 1.89 bits per heavy atom. The van der Waals surface area contributed by atoms with Crippen LogP contribution in [-0.4, -0.2) is 33.0 Å². The van der Waals surface area contributed by atoms with Crippen LogP contribution in [0.25, 0.3) is 5.65 Å². The van der Waals surface area contributed by atoms with E-state index in [9.17, 15) is 22.8 Å². The Kier molecular flexibility index (Phi) is 6.07. The SMILES string of the molecule is O=C(CNC(=O)C1CCCCC1)NCc1nnc2c(Cl)cc(C(F)(F)F)cn12. The van der Waals surface area contributed by atoms with Crippen LogP contribution in [0.2, 0.25) is 5.02 Å². The number of hydrogen-bond donors (Lipinski definition) is 2. The van der Waals surface area contributed by atoms with Crippen molar-refractivity contribution in [3.8, 4) is 0 Å². The normalized spacial score (nSPS) is 15.6. The van der Waals surface area contributed by atoms with Gasteiger partial charge in [-0.25, -0.2) is 0 Å². The largest absolute Gasteiger partial charge is 0.417 e. The molecule has 2 aromatic rings. The highest BCUT2D eigenvalue weighted by Crippen LogP contribution is 2.32. The maximum atomic E-state index is 13.0. The molecule has 0 saturated heterocycles. The minimum Gasteiger partial charge on any atom is -0.347 e. The molecule has 11 heteroatoms. The highest BCUT2D eigenvalue weighted by Gasteiger charge is 2.32. The molecule has 2 amide bonds. The molecule has 1 aliphatic carbocycles. The quantitative estimate of drug-likeness (QED) is 0.783. The molecule has 2 aromatic heterocycles. The summed E-state index contributed by atoms with van der Waals surface area (Å²) in [6, 6.07) is 0.773. The molecule has 1 aliphatic rings. The van der Waals surface area contributed by atoms with Gasteiger partial charge in [0.15, 0.2) is 11.5 Å². The fourth-order valence-corrected chi connectivity index (χ4v) is 3.44. The lowest BCUT2D eigenvalue weighted by atomic mass is 9.89. The number of nitrogens with one attached hydrogen (secondary N) is 2. The van der Waals surface area contributed by atoms with E-state index in [1.54, 1.807) is 0 Å². The van der Waals surface area contributed by atoms with Crippen molar-refractivity contribution in [2.75, 3.05) is 6.54 Å². The van der Waals surface area contributed by atoms with E-state index in [4.69, 9.17) is 11.6 Å². The number of carbonyl (C=O) groups excluding carboxylic acids is 2. The number of hydrogen-bond acceptors (Lipinski definition) is 4. The van der Waals surface area contributed by atoms with Crippen molar-refractivity contribution in [1.29, 1.82) is 0 Å². The van der Waals surface area contributed by atoms with Crippen LogP contribution in [0.1, 0.15) is 43.5 Å². The third-order valence-electron chi connectivity index (χ3n) is 4.70. The first-order valence-corrected chi connectivity index (χ1v) is 9.28. The van der Waals surface area contributed by atoms with E-state index in [1.807, 2.05) is 0 Å². The molecule has 2 N–H and O–H groups in total. The lowest BCUT2D eigenvalue weighted by Gasteiger charge is -2.20. The molecule has 0 spiro atoms. The molecule has 28 heavy (non-hydrogen) atoms. The molecule has 2 heterocycles. The zero-order chi connectivity index (χ0) is 20.3. The van der Waals surface area contributed by atoms with Gasteiger partial charge >= 0.3 is 6.18 Å². The fraction of sp³-hybridized carbons (Fsp3) is 0.529. The molecule has 0 atom stereocenters.